The Morgan fingerprint density at radius 3 is 2.79 bits per heavy atom. The van der Waals surface area contributed by atoms with Crippen molar-refractivity contribution in [2.45, 2.75) is 19.9 Å². The average Bonchev–Trinajstić information content (AvgIpc) is 2.87. The molecular formula is C25H23BrClN5O5S. The van der Waals surface area contributed by atoms with E-state index >= 15 is 0 Å². The van der Waals surface area contributed by atoms with Crippen LogP contribution in [0, 0.1) is 11.3 Å². The van der Waals surface area contributed by atoms with Gasteiger partial charge in [-0.1, -0.05) is 29.8 Å². The molecule has 0 saturated heterocycles. The molecule has 1 aliphatic heterocycles. The number of esters is 1. The normalized spacial score (nSPS) is 14.8. The van der Waals surface area contributed by atoms with Gasteiger partial charge in [-0.3, -0.25) is 4.79 Å². The first-order valence-electron chi connectivity index (χ1n) is 11.2. The quantitative estimate of drug-likeness (QED) is 0.157. The van der Waals surface area contributed by atoms with Gasteiger partial charge in [-0.05, 0) is 65.8 Å². The van der Waals surface area contributed by atoms with E-state index in [1.54, 1.807) is 50.2 Å². The number of hydrogen-bond donors (Lipinski definition) is 3. The summed E-state index contributed by atoms with van der Waals surface area (Å²) in [5, 5.41) is 19.2. The van der Waals surface area contributed by atoms with Crippen molar-refractivity contribution in [3.05, 3.63) is 68.3 Å². The Morgan fingerprint density at radius 1 is 1.32 bits per heavy atom. The number of carbonyl (C=O) groups is 2. The minimum absolute atomic E-state index is 0.147. The Labute approximate surface area is 238 Å². The van der Waals surface area contributed by atoms with Crippen molar-refractivity contribution < 1.29 is 23.8 Å². The Balaban J connectivity index is 1.68. The minimum Gasteiger partial charge on any atom is -0.483 e. The van der Waals surface area contributed by atoms with Gasteiger partial charge in [0.15, 0.2) is 24.1 Å². The minimum atomic E-state index is -0.636. The maximum atomic E-state index is 12.7. The van der Waals surface area contributed by atoms with Gasteiger partial charge in [0.2, 0.25) is 0 Å². The third-order valence-electron chi connectivity index (χ3n) is 5.06. The van der Waals surface area contributed by atoms with Crippen molar-refractivity contribution in [1.82, 2.24) is 16.1 Å². The summed E-state index contributed by atoms with van der Waals surface area (Å²) >= 11 is 14.8. The van der Waals surface area contributed by atoms with E-state index in [-0.39, 0.29) is 24.8 Å². The predicted molar refractivity (Wildman–Crippen MR) is 149 cm³/mol. The fraction of sp³-hybridized carbons (Fsp3) is 0.240. The van der Waals surface area contributed by atoms with E-state index < -0.39 is 17.9 Å². The fourth-order valence-corrected chi connectivity index (χ4v) is 4.77. The van der Waals surface area contributed by atoms with E-state index in [9.17, 15) is 9.59 Å². The van der Waals surface area contributed by atoms with Gasteiger partial charge in [-0.15, -0.1) is 0 Å². The van der Waals surface area contributed by atoms with Crippen LogP contribution in [0.25, 0.3) is 0 Å². The summed E-state index contributed by atoms with van der Waals surface area (Å²) in [5.74, 6) is -0.286. The van der Waals surface area contributed by atoms with E-state index in [1.165, 1.54) is 6.21 Å². The topological polar surface area (TPSA) is 134 Å². The van der Waals surface area contributed by atoms with Gasteiger partial charge in [0, 0.05) is 11.3 Å². The van der Waals surface area contributed by atoms with Gasteiger partial charge >= 0.3 is 5.97 Å². The predicted octanol–water partition coefficient (Wildman–Crippen LogP) is 3.89. The lowest BCUT2D eigenvalue weighted by Crippen LogP contribution is -2.45. The van der Waals surface area contributed by atoms with E-state index in [1.807, 2.05) is 6.07 Å². The van der Waals surface area contributed by atoms with Crippen molar-refractivity contribution >= 4 is 63.0 Å². The maximum absolute atomic E-state index is 12.7. The second kappa shape index (κ2) is 13.8. The molecule has 38 heavy (non-hydrogen) atoms. The number of allylic oxidation sites excluding steroid dienone is 1. The lowest BCUT2D eigenvalue weighted by molar-refractivity contribution is -0.139. The van der Waals surface area contributed by atoms with Gasteiger partial charge in [0.1, 0.15) is 11.8 Å². The molecule has 0 saturated carbocycles. The summed E-state index contributed by atoms with van der Waals surface area (Å²) < 4.78 is 16.8. The average molecular weight is 621 g/mol. The Kier molecular flexibility index (Phi) is 10.5. The van der Waals surface area contributed by atoms with Crippen LogP contribution in [0.5, 0.6) is 11.5 Å². The van der Waals surface area contributed by atoms with Gasteiger partial charge < -0.3 is 24.8 Å². The van der Waals surface area contributed by atoms with Gasteiger partial charge in [-0.2, -0.15) is 10.4 Å². The Bertz CT molecular complexity index is 1320. The van der Waals surface area contributed by atoms with Crippen LogP contribution in [-0.2, 0) is 14.3 Å². The molecule has 0 radical (unpaired) electrons. The molecule has 1 atom stereocenters. The first-order chi connectivity index (χ1) is 18.2. The standard InChI is InChI=1S/C25H23BrClN5O5S/c1-3-35-24(34)21-14(2)30-25(38)31-22(21)16-6-4-5-7-19(16)37-13-20(33)32-29-12-15-10-17(26)23(18(27)11-15)36-9-8-28/h4-7,10-12,22H,3,9,13H2,1-2H3,(H,32,33)(H2,30,31,38)/t22-/m0/s1. The number of halogens is 2. The molecule has 0 aliphatic carbocycles. The smallest absolute Gasteiger partial charge is 0.338 e. The third-order valence-corrected chi connectivity index (χ3v) is 6.15. The number of ether oxygens (including phenoxy) is 3. The van der Waals surface area contributed by atoms with Crippen molar-refractivity contribution in [2.24, 2.45) is 5.10 Å². The number of carbonyl (C=O) groups excluding carboxylic acids is 2. The number of nitriles is 1. The van der Waals surface area contributed by atoms with Gasteiger partial charge in [-0.25, -0.2) is 10.2 Å². The molecule has 0 bridgehead atoms. The molecule has 0 unspecified atom stereocenters. The largest absolute Gasteiger partial charge is 0.483 e. The molecule has 2 aromatic carbocycles. The van der Waals surface area contributed by atoms with Crippen LogP contribution in [-0.4, -0.2) is 43.0 Å². The van der Waals surface area contributed by atoms with Crippen molar-refractivity contribution in [3.63, 3.8) is 0 Å². The zero-order chi connectivity index (χ0) is 27.7. The van der Waals surface area contributed by atoms with E-state index in [0.29, 0.717) is 43.5 Å². The number of nitrogens with zero attached hydrogens (tertiary/aromatic N) is 2. The SMILES string of the molecule is CCOC(=O)C1=C(C)NC(=S)N[C@H]1c1ccccc1OCC(=O)NN=Cc1cc(Cl)c(OCC#N)c(Br)c1. The maximum Gasteiger partial charge on any atom is 0.338 e. The number of amides is 1. The number of nitrogens with one attached hydrogen (secondary N) is 3. The molecule has 1 amide bonds. The molecule has 0 fully saturated rings. The molecule has 13 heteroatoms. The fourth-order valence-electron chi connectivity index (χ4n) is 3.51. The van der Waals surface area contributed by atoms with Crippen LogP contribution in [0.15, 0.2) is 57.2 Å². The monoisotopic (exact) mass is 619 g/mol. The van der Waals surface area contributed by atoms with Crippen molar-refractivity contribution in [1.29, 1.82) is 5.26 Å². The lowest BCUT2D eigenvalue weighted by Gasteiger charge is -2.30. The third kappa shape index (κ3) is 7.44. The van der Waals surface area contributed by atoms with Crippen LogP contribution in [0.1, 0.15) is 31.0 Å². The molecule has 0 aromatic heterocycles. The molecule has 198 valence electrons. The number of para-hydroxylation sites is 1. The van der Waals surface area contributed by atoms with Crippen LogP contribution < -0.4 is 25.5 Å². The van der Waals surface area contributed by atoms with Crippen molar-refractivity contribution in [3.8, 4) is 17.6 Å². The molecule has 1 heterocycles. The zero-order valence-electron chi connectivity index (χ0n) is 20.3. The highest BCUT2D eigenvalue weighted by Gasteiger charge is 2.32. The first kappa shape index (κ1) is 28.9. The zero-order valence-corrected chi connectivity index (χ0v) is 23.5. The molecule has 1 aliphatic rings. The highest BCUT2D eigenvalue weighted by Crippen LogP contribution is 2.35. The Morgan fingerprint density at radius 2 is 2.08 bits per heavy atom. The van der Waals surface area contributed by atoms with Gasteiger partial charge in [0.05, 0.1) is 33.9 Å². The van der Waals surface area contributed by atoms with Crippen LogP contribution >= 0.6 is 39.7 Å². The molecule has 2 aromatic rings. The lowest BCUT2D eigenvalue weighted by atomic mass is 9.95. The summed E-state index contributed by atoms with van der Waals surface area (Å²) in [6.07, 6.45) is 1.40. The van der Waals surface area contributed by atoms with Crippen LogP contribution in [0.2, 0.25) is 5.02 Å². The number of hydrogen-bond acceptors (Lipinski definition) is 8. The molecule has 10 nitrogen and oxygen atoms in total. The first-order valence-corrected chi connectivity index (χ1v) is 12.8. The number of thiocarbonyl (C=S) groups is 1. The summed E-state index contributed by atoms with van der Waals surface area (Å²) in [7, 11) is 0. The summed E-state index contributed by atoms with van der Waals surface area (Å²) in [4.78, 5) is 25.1. The summed E-state index contributed by atoms with van der Waals surface area (Å²) in [6.45, 7) is 3.19. The molecule has 0 spiro atoms. The molecular weight excluding hydrogens is 598 g/mol. The summed E-state index contributed by atoms with van der Waals surface area (Å²) in [6, 6.07) is 11.5. The van der Waals surface area contributed by atoms with E-state index in [4.69, 9.17) is 43.3 Å². The van der Waals surface area contributed by atoms with E-state index in [2.05, 4.69) is 37.1 Å². The van der Waals surface area contributed by atoms with Gasteiger partial charge in [0.25, 0.3) is 5.91 Å². The second-order valence-electron chi connectivity index (χ2n) is 7.67. The Hall–Kier alpha value is -3.66. The number of benzene rings is 2. The van der Waals surface area contributed by atoms with Crippen LogP contribution in [0.3, 0.4) is 0 Å². The molecule has 3 rings (SSSR count). The van der Waals surface area contributed by atoms with Crippen LogP contribution in [0.4, 0.5) is 0 Å². The van der Waals surface area contributed by atoms with Crippen molar-refractivity contribution in [2.75, 3.05) is 19.8 Å². The summed E-state index contributed by atoms with van der Waals surface area (Å²) in [5.41, 5.74) is 4.50. The van der Waals surface area contributed by atoms with E-state index in [0.717, 1.165) is 0 Å². The highest BCUT2D eigenvalue weighted by atomic mass is 79.9. The number of rotatable bonds is 10. The molecule has 3 N–H and O–H groups in total. The second-order valence-corrected chi connectivity index (χ2v) is 9.34. The number of hydrazone groups is 1. The highest BCUT2D eigenvalue weighted by molar-refractivity contribution is 9.10.